The molecular formula is C14H24F2O. The normalized spacial score (nSPS) is 39.5. The number of alkyl halides is 2. The lowest BCUT2D eigenvalue weighted by Crippen LogP contribution is -2.29. The van der Waals surface area contributed by atoms with Crippen molar-refractivity contribution in [1.82, 2.24) is 0 Å². The van der Waals surface area contributed by atoms with Crippen molar-refractivity contribution in [3.63, 3.8) is 0 Å². The molecule has 2 rings (SSSR count). The molecule has 0 heterocycles. The fraction of sp³-hybridized carbons (Fsp3) is 1.00. The first-order valence-corrected chi connectivity index (χ1v) is 7.08. The standard InChI is InChI=1S/C14H24F2O/c1-10-2-4-11(5-3-10)12-6-8-13(9-7-12)17-14(15)16/h10-14H,2-9H2,1H3. The van der Waals surface area contributed by atoms with Gasteiger partial charge in [0.2, 0.25) is 0 Å². The zero-order chi connectivity index (χ0) is 12.3. The van der Waals surface area contributed by atoms with Gasteiger partial charge in [-0.2, -0.15) is 8.78 Å². The maximum Gasteiger partial charge on any atom is 0.345 e. The average molecular weight is 246 g/mol. The molecule has 0 aromatic carbocycles. The van der Waals surface area contributed by atoms with E-state index in [4.69, 9.17) is 0 Å². The van der Waals surface area contributed by atoms with E-state index in [0.29, 0.717) is 0 Å². The smallest absolute Gasteiger partial charge is 0.320 e. The van der Waals surface area contributed by atoms with Crippen LogP contribution in [0.25, 0.3) is 0 Å². The molecule has 0 N–H and O–H groups in total. The number of hydrogen-bond acceptors (Lipinski definition) is 1. The highest BCUT2D eigenvalue weighted by molar-refractivity contribution is 4.81. The van der Waals surface area contributed by atoms with Crippen LogP contribution >= 0.6 is 0 Å². The van der Waals surface area contributed by atoms with E-state index in [9.17, 15) is 8.78 Å². The second kappa shape index (κ2) is 6.12. The van der Waals surface area contributed by atoms with E-state index in [2.05, 4.69) is 11.7 Å². The Morgan fingerprint density at radius 2 is 1.29 bits per heavy atom. The van der Waals surface area contributed by atoms with Crippen LogP contribution in [0.4, 0.5) is 8.78 Å². The summed E-state index contributed by atoms with van der Waals surface area (Å²) in [5.74, 6) is 2.53. The Labute approximate surface area is 103 Å². The van der Waals surface area contributed by atoms with E-state index in [1.807, 2.05) is 0 Å². The van der Waals surface area contributed by atoms with Crippen molar-refractivity contribution in [3.8, 4) is 0 Å². The van der Waals surface area contributed by atoms with Gasteiger partial charge in [-0.1, -0.05) is 19.8 Å². The molecule has 0 unspecified atom stereocenters. The first kappa shape index (κ1) is 13.3. The minimum Gasteiger partial charge on any atom is -0.320 e. The summed E-state index contributed by atoms with van der Waals surface area (Å²) in [6.45, 7) is -0.254. The summed E-state index contributed by atoms with van der Waals surface area (Å²) in [7, 11) is 0. The molecule has 1 nitrogen and oxygen atoms in total. The van der Waals surface area contributed by atoms with Crippen molar-refractivity contribution in [1.29, 1.82) is 0 Å². The minimum absolute atomic E-state index is 0.186. The number of halogens is 2. The highest BCUT2D eigenvalue weighted by atomic mass is 19.3. The van der Waals surface area contributed by atoms with Crippen molar-refractivity contribution >= 4 is 0 Å². The van der Waals surface area contributed by atoms with Gasteiger partial charge < -0.3 is 4.74 Å². The molecule has 0 atom stereocenters. The number of hydrogen-bond donors (Lipinski definition) is 0. The highest BCUT2D eigenvalue weighted by Crippen LogP contribution is 2.40. The van der Waals surface area contributed by atoms with E-state index >= 15 is 0 Å². The van der Waals surface area contributed by atoms with E-state index < -0.39 is 6.61 Å². The molecule has 0 amide bonds. The van der Waals surface area contributed by atoms with Crippen LogP contribution in [0.15, 0.2) is 0 Å². The molecular weight excluding hydrogens is 222 g/mol. The summed E-state index contributed by atoms with van der Waals surface area (Å²) >= 11 is 0. The molecule has 2 aliphatic rings. The SMILES string of the molecule is CC1CCC(C2CCC(OC(F)F)CC2)CC1. The number of ether oxygens (including phenoxy) is 1. The van der Waals surface area contributed by atoms with Gasteiger partial charge >= 0.3 is 6.61 Å². The van der Waals surface area contributed by atoms with Crippen LogP contribution < -0.4 is 0 Å². The maximum absolute atomic E-state index is 12.1. The molecule has 0 spiro atoms. The lowest BCUT2D eigenvalue weighted by atomic mass is 9.71. The van der Waals surface area contributed by atoms with Crippen LogP contribution in [0.1, 0.15) is 58.3 Å². The van der Waals surface area contributed by atoms with Gasteiger partial charge in [-0.3, -0.25) is 0 Å². The van der Waals surface area contributed by atoms with Crippen LogP contribution in [-0.2, 0) is 4.74 Å². The zero-order valence-corrected chi connectivity index (χ0v) is 10.7. The summed E-state index contributed by atoms with van der Waals surface area (Å²) < 4.78 is 28.8. The molecule has 0 radical (unpaired) electrons. The third-order valence-electron chi connectivity index (χ3n) is 4.74. The first-order valence-electron chi connectivity index (χ1n) is 7.08. The van der Waals surface area contributed by atoms with Crippen molar-refractivity contribution in [2.75, 3.05) is 0 Å². The lowest BCUT2D eigenvalue weighted by molar-refractivity contribution is -0.172. The predicted molar refractivity (Wildman–Crippen MR) is 64.0 cm³/mol. The Morgan fingerprint density at radius 3 is 1.76 bits per heavy atom. The third-order valence-corrected chi connectivity index (χ3v) is 4.74. The van der Waals surface area contributed by atoms with Crippen LogP contribution in [-0.4, -0.2) is 12.7 Å². The van der Waals surface area contributed by atoms with Gasteiger partial charge in [0.05, 0.1) is 6.10 Å². The Kier molecular flexibility index (Phi) is 4.78. The molecule has 0 saturated heterocycles. The molecule has 2 saturated carbocycles. The monoisotopic (exact) mass is 246 g/mol. The van der Waals surface area contributed by atoms with Crippen LogP contribution in [0.3, 0.4) is 0 Å². The van der Waals surface area contributed by atoms with E-state index in [0.717, 1.165) is 43.4 Å². The molecule has 0 aliphatic heterocycles. The Balaban J connectivity index is 1.71. The van der Waals surface area contributed by atoms with Crippen molar-refractivity contribution in [2.45, 2.75) is 71.0 Å². The highest BCUT2D eigenvalue weighted by Gasteiger charge is 2.30. The fourth-order valence-corrected chi connectivity index (χ4v) is 3.60. The van der Waals surface area contributed by atoms with Gasteiger partial charge in [0.1, 0.15) is 0 Å². The Bertz CT molecular complexity index is 216. The Morgan fingerprint density at radius 1 is 0.824 bits per heavy atom. The van der Waals surface area contributed by atoms with Gasteiger partial charge in [0, 0.05) is 0 Å². The molecule has 2 fully saturated rings. The molecule has 100 valence electrons. The summed E-state index contributed by atoms with van der Waals surface area (Å²) in [6, 6.07) is 0. The van der Waals surface area contributed by atoms with E-state index in [1.165, 1.54) is 25.7 Å². The quantitative estimate of drug-likeness (QED) is 0.706. The summed E-state index contributed by atoms with van der Waals surface area (Å²) in [5.41, 5.74) is 0. The van der Waals surface area contributed by atoms with Gasteiger partial charge in [0.15, 0.2) is 0 Å². The average Bonchev–Trinajstić information content (AvgIpc) is 2.30. The van der Waals surface area contributed by atoms with Crippen molar-refractivity contribution in [2.24, 2.45) is 17.8 Å². The summed E-state index contributed by atoms with van der Waals surface area (Å²) in [4.78, 5) is 0. The summed E-state index contributed by atoms with van der Waals surface area (Å²) in [6.07, 6.45) is 9.10. The van der Waals surface area contributed by atoms with E-state index in [-0.39, 0.29) is 6.10 Å². The fourth-order valence-electron chi connectivity index (χ4n) is 3.60. The molecule has 3 heteroatoms. The predicted octanol–water partition coefficient (Wildman–Crippen LogP) is 4.61. The molecule has 17 heavy (non-hydrogen) atoms. The van der Waals surface area contributed by atoms with Crippen LogP contribution in [0, 0.1) is 17.8 Å². The third kappa shape index (κ3) is 3.90. The zero-order valence-electron chi connectivity index (χ0n) is 10.7. The topological polar surface area (TPSA) is 9.23 Å². The largest absolute Gasteiger partial charge is 0.345 e. The van der Waals surface area contributed by atoms with Crippen molar-refractivity contribution < 1.29 is 13.5 Å². The molecule has 0 aromatic rings. The molecule has 0 aromatic heterocycles. The molecule has 0 bridgehead atoms. The summed E-state index contributed by atoms with van der Waals surface area (Å²) in [5, 5.41) is 0. The van der Waals surface area contributed by atoms with Gasteiger partial charge in [0.25, 0.3) is 0 Å². The minimum atomic E-state index is -2.59. The van der Waals surface area contributed by atoms with Crippen molar-refractivity contribution in [3.05, 3.63) is 0 Å². The van der Waals surface area contributed by atoms with Gasteiger partial charge in [-0.05, 0) is 56.3 Å². The van der Waals surface area contributed by atoms with E-state index in [1.54, 1.807) is 0 Å². The Hall–Kier alpha value is -0.180. The van der Waals surface area contributed by atoms with Gasteiger partial charge in [-0.15, -0.1) is 0 Å². The second-order valence-electron chi connectivity index (χ2n) is 5.95. The van der Waals surface area contributed by atoms with Crippen LogP contribution in [0.2, 0.25) is 0 Å². The van der Waals surface area contributed by atoms with Gasteiger partial charge in [-0.25, -0.2) is 0 Å². The number of rotatable bonds is 3. The lowest BCUT2D eigenvalue weighted by Gasteiger charge is -2.37. The second-order valence-corrected chi connectivity index (χ2v) is 5.95. The first-order chi connectivity index (χ1) is 8.15. The molecule has 2 aliphatic carbocycles. The maximum atomic E-state index is 12.1. The van der Waals surface area contributed by atoms with Crippen LogP contribution in [0.5, 0.6) is 0 Å².